The Morgan fingerprint density at radius 2 is 1.71 bits per heavy atom. The molecule has 0 saturated heterocycles. The fourth-order valence-corrected chi connectivity index (χ4v) is 6.22. The van der Waals surface area contributed by atoms with Crippen LogP contribution in [0.1, 0.15) is 24.3 Å². The van der Waals surface area contributed by atoms with Gasteiger partial charge < -0.3 is 9.73 Å². The largest absolute Gasteiger partial charge is 0.457 e. The van der Waals surface area contributed by atoms with E-state index in [9.17, 15) is 9.59 Å². The number of hydrogen-bond acceptors (Lipinski definition) is 5. The number of nitrogens with zero attached hydrogens (tertiary/aromatic N) is 2. The van der Waals surface area contributed by atoms with E-state index in [0.717, 1.165) is 5.56 Å². The smallest absolute Gasteiger partial charge is 0.271 e. The summed E-state index contributed by atoms with van der Waals surface area (Å²) in [6.45, 7) is 1.77. The Kier molecular flexibility index (Phi) is 7.45. The van der Waals surface area contributed by atoms with Gasteiger partial charge in [-0.3, -0.25) is 14.2 Å². The maximum atomic E-state index is 13.9. The van der Waals surface area contributed by atoms with Crippen molar-refractivity contribution in [3.05, 3.63) is 142 Å². The van der Waals surface area contributed by atoms with Gasteiger partial charge in [0.2, 0.25) is 0 Å². The van der Waals surface area contributed by atoms with Crippen molar-refractivity contribution in [3.8, 4) is 11.3 Å². The van der Waals surface area contributed by atoms with Crippen LogP contribution in [0.4, 0.5) is 5.69 Å². The molecule has 1 aliphatic heterocycles. The van der Waals surface area contributed by atoms with Crippen LogP contribution in [0.25, 0.3) is 17.4 Å². The number of aromatic nitrogens is 1. The molecule has 204 valence electrons. The number of carbonyl (C=O) groups is 1. The van der Waals surface area contributed by atoms with Crippen molar-refractivity contribution in [2.45, 2.75) is 13.0 Å². The van der Waals surface area contributed by atoms with Gasteiger partial charge >= 0.3 is 0 Å². The van der Waals surface area contributed by atoms with Crippen LogP contribution < -0.4 is 20.2 Å². The van der Waals surface area contributed by atoms with E-state index in [1.807, 2.05) is 30.3 Å². The minimum atomic E-state index is -0.716. The van der Waals surface area contributed by atoms with E-state index < -0.39 is 6.04 Å². The highest BCUT2D eigenvalue weighted by atomic mass is 35.5. The van der Waals surface area contributed by atoms with E-state index in [1.165, 1.54) is 11.3 Å². The summed E-state index contributed by atoms with van der Waals surface area (Å²) in [4.78, 5) is 32.7. The summed E-state index contributed by atoms with van der Waals surface area (Å²) < 4.78 is 7.96. The van der Waals surface area contributed by atoms with Crippen LogP contribution in [0.3, 0.4) is 0 Å². The number of thiazole rings is 1. The van der Waals surface area contributed by atoms with Crippen molar-refractivity contribution in [1.82, 2.24) is 4.57 Å². The highest BCUT2D eigenvalue weighted by Gasteiger charge is 2.32. The molecule has 0 bridgehead atoms. The molecular formula is C31H20Cl3N3O3S. The van der Waals surface area contributed by atoms with Gasteiger partial charge in [-0.05, 0) is 67.1 Å². The molecule has 6 rings (SSSR count). The zero-order valence-corrected chi connectivity index (χ0v) is 24.5. The van der Waals surface area contributed by atoms with Gasteiger partial charge in [0.1, 0.15) is 11.5 Å². The highest BCUT2D eigenvalue weighted by Crippen LogP contribution is 2.33. The predicted octanol–water partition coefficient (Wildman–Crippen LogP) is 7.09. The Balaban J connectivity index is 1.45. The Morgan fingerprint density at radius 1 is 0.976 bits per heavy atom. The van der Waals surface area contributed by atoms with Crippen LogP contribution in [0.2, 0.25) is 15.1 Å². The third-order valence-corrected chi connectivity index (χ3v) is 8.38. The highest BCUT2D eigenvalue weighted by molar-refractivity contribution is 7.07. The quantitative estimate of drug-likeness (QED) is 0.228. The van der Waals surface area contributed by atoms with Gasteiger partial charge in [-0.25, -0.2) is 4.99 Å². The van der Waals surface area contributed by atoms with Gasteiger partial charge in [0.25, 0.3) is 11.5 Å². The van der Waals surface area contributed by atoms with Crippen molar-refractivity contribution < 1.29 is 9.21 Å². The molecule has 0 radical (unpaired) electrons. The number of rotatable bonds is 5. The van der Waals surface area contributed by atoms with Crippen molar-refractivity contribution in [3.63, 3.8) is 0 Å². The molecule has 5 aromatic rings. The first-order valence-electron chi connectivity index (χ1n) is 12.5. The van der Waals surface area contributed by atoms with E-state index in [0.29, 0.717) is 58.4 Å². The number of nitrogens with one attached hydrogen (secondary N) is 1. The fourth-order valence-electron chi connectivity index (χ4n) is 4.68. The zero-order chi connectivity index (χ0) is 28.7. The van der Waals surface area contributed by atoms with Crippen molar-refractivity contribution in [2.75, 3.05) is 5.32 Å². The lowest BCUT2D eigenvalue weighted by atomic mass is 9.95. The van der Waals surface area contributed by atoms with E-state index in [2.05, 4.69) is 10.3 Å². The normalized spacial score (nSPS) is 15.0. The van der Waals surface area contributed by atoms with E-state index in [1.54, 1.807) is 72.2 Å². The van der Waals surface area contributed by atoms with Gasteiger partial charge in [-0.15, -0.1) is 0 Å². The summed E-state index contributed by atoms with van der Waals surface area (Å²) in [6, 6.07) is 24.2. The Labute approximate surface area is 253 Å². The third-order valence-electron chi connectivity index (χ3n) is 6.58. The first-order valence-corrected chi connectivity index (χ1v) is 14.4. The molecule has 0 fully saturated rings. The molecule has 3 aromatic carbocycles. The first-order chi connectivity index (χ1) is 19.8. The number of para-hydroxylation sites is 1. The maximum absolute atomic E-state index is 13.9. The van der Waals surface area contributed by atoms with Crippen LogP contribution in [-0.2, 0) is 4.79 Å². The van der Waals surface area contributed by atoms with Crippen LogP contribution in [-0.4, -0.2) is 10.5 Å². The summed E-state index contributed by atoms with van der Waals surface area (Å²) >= 11 is 19.9. The predicted molar refractivity (Wildman–Crippen MR) is 164 cm³/mol. The number of furan rings is 1. The summed E-state index contributed by atoms with van der Waals surface area (Å²) in [5.41, 5.74) is 2.59. The Bertz CT molecular complexity index is 2010. The number of benzene rings is 3. The Hall–Kier alpha value is -3.88. The number of hydrogen-bond donors (Lipinski definition) is 1. The minimum Gasteiger partial charge on any atom is -0.457 e. The van der Waals surface area contributed by atoms with Crippen LogP contribution in [0.5, 0.6) is 0 Å². The van der Waals surface area contributed by atoms with Gasteiger partial charge in [-0.2, -0.15) is 0 Å². The summed E-state index contributed by atoms with van der Waals surface area (Å²) in [5.74, 6) is 0.633. The maximum Gasteiger partial charge on any atom is 0.271 e. The third kappa shape index (κ3) is 5.42. The number of carbonyl (C=O) groups excluding carboxylic acids is 1. The molecule has 3 heterocycles. The van der Waals surface area contributed by atoms with Crippen LogP contribution >= 0.6 is 46.1 Å². The molecule has 1 amide bonds. The van der Waals surface area contributed by atoms with Gasteiger partial charge in [-0.1, -0.05) is 76.5 Å². The molecule has 1 aliphatic rings. The lowest BCUT2D eigenvalue weighted by Crippen LogP contribution is -2.40. The number of halogens is 3. The number of anilines is 1. The van der Waals surface area contributed by atoms with Gasteiger partial charge in [0.05, 0.1) is 26.9 Å². The molecule has 10 heteroatoms. The zero-order valence-electron chi connectivity index (χ0n) is 21.4. The number of amides is 1. The first kappa shape index (κ1) is 27.3. The average molecular weight is 621 g/mol. The standard InChI is InChI=1S/C31H20Cl3N3O3S/c1-17-27(29(38)36-21-5-3-2-4-6-21)28(18-7-9-19(32)10-8-18)37-30(39)26(41-31(37)35-17)16-22-12-14-25(40-22)23-15-20(33)11-13-24(23)34/h2-16,28H,1H3,(H,36,38)/b26-16-. The Morgan fingerprint density at radius 3 is 2.46 bits per heavy atom. The molecule has 6 nitrogen and oxygen atoms in total. The van der Waals surface area contributed by atoms with Crippen LogP contribution in [0, 0.1) is 0 Å². The SMILES string of the molecule is CC1=C(C(=O)Nc2ccccc2)C(c2ccc(Cl)cc2)n2c(s/c(=C\c3ccc(-c4cc(Cl)ccc4Cl)o3)c2=O)=N1. The molecule has 0 saturated carbocycles. The lowest BCUT2D eigenvalue weighted by Gasteiger charge is -2.25. The summed E-state index contributed by atoms with van der Waals surface area (Å²) in [6.07, 6.45) is 1.66. The van der Waals surface area contributed by atoms with Crippen molar-refractivity contribution >= 4 is 63.8 Å². The molecule has 1 N–H and O–H groups in total. The van der Waals surface area contributed by atoms with Gasteiger partial charge in [0, 0.05) is 27.4 Å². The summed E-state index contributed by atoms with van der Waals surface area (Å²) in [5, 5.41) is 4.51. The molecular weight excluding hydrogens is 601 g/mol. The molecule has 2 aromatic heterocycles. The molecule has 0 spiro atoms. The minimum absolute atomic E-state index is 0.301. The molecule has 1 unspecified atom stereocenters. The molecule has 1 atom stereocenters. The van der Waals surface area contributed by atoms with E-state index in [-0.39, 0.29) is 11.5 Å². The molecule has 0 aliphatic carbocycles. The average Bonchev–Trinajstić information content (AvgIpc) is 3.54. The second-order valence-electron chi connectivity index (χ2n) is 9.28. The molecule has 41 heavy (non-hydrogen) atoms. The lowest BCUT2D eigenvalue weighted by molar-refractivity contribution is -0.113. The fraction of sp³-hybridized carbons (Fsp3) is 0.0645. The second kappa shape index (κ2) is 11.2. The topological polar surface area (TPSA) is 76.6 Å². The number of allylic oxidation sites excluding steroid dienone is 1. The summed E-state index contributed by atoms with van der Waals surface area (Å²) in [7, 11) is 0. The van der Waals surface area contributed by atoms with Crippen molar-refractivity contribution in [1.29, 1.82) is 0 Å². The van der Waals surface area contributed by atoms with E-state index >= 15 is 0 Å². The van der Waals surface area contributed by atoms with Crippen molar-refractivity contribution in [2.24, 2.45) is 4.99 Å². The van der Waals surface area contributed by atoms with Gasteiger partial charge in [0.15, 0.2) is 4.80 Å². The number of fused-ring (bicyclic) bond motifs is 1. The second-order valence-corrected chi connectivity index (χ2v) is 11.6. The van der Waals surface area contributed by atoms with Crippen LogP contribution in [0.15, 0.2) is 110 Å². The van der Waals surface area contributed by atoms with E-state index in [4.69, 9.17) is 39.2 Å². The monoisotopic (exact) mass is 619 g/mol.